The van der Waals surface area contributed by atoms with E-state index in [0.29, 0.717) is 13.1 Å². The number of ether oxygens (including phenoxy) is 1. The highest BCUT2D eigenvalue weighted by molar-refractivity contribution is 7.81. The fourth-order valence-corrected chi connectivity index (χ4v) is 3.34. The molecule has 0 radical (unpaired) electrons. The second-order valence-electron chi connectivity index (χ2n) is 6.52. The van der Waals surface area contributed by atoms with Crippen LogP contribution in [0.2, 0.25) is 0 Å². The monoisotopic (exact) mass is 389 g/mol. The van der Waals surface area contributed by atoms with Crippen molar-refractivity contribution in [2.24, 2.45) is 0 Å². The number of piperazine rings is 1. The van der Waals surface area contributed by atoms with Gasteiger partial charge in [-0.25, -0.2) is 4.79 Å². The number of cyclic esters (lactones) is 1. The maximum absolute atomic E-state index is 12.1. The Hall–Kier alpha value is -2.44. The molecule has 1 N–H and O–H groups in total. The quantitative estimate of drug-likeness (QED) is 0.550. The lowest BCUT2D eigenvalue weighted by atomic mass is 10.2. The summed E-state index contributed by atoms with van der Waals surface area (Å²) in [7, 11) is 0. The third-order valence-electron chi connectivity index (χ3n) is 4.74. The molecule has 2 amide bonds. The van der Waals surface area contributed by atoms with Crippen LogP contribution in [0.1, 0.15) is 0 Å². The molecule has 144 valence electrons. The van der Waals surface area contributed by atoms with Crippen LogP contribution in [0.3, 0.4) is 0 Å². The minimum absolute atomic E-state index is 0.108. The van der Waals surface area contributed by atoms with Crippen LogP contribution >= 0.6 is 12.6 Å². The zero-order valence-corrected chi connectivity index (χ0v) is 15.9. The number of carbonyl (C=O) groups is 2. The lowest BCUT2D eigenvalue weighted by Gasteiger charge is -2.35. The Balaban J connectivity index is 1.55. The molecule has 0 spiro atoms. The van der Waals surface area contributed by atoms with E-state index in [4.69, 9.17) is 10.00 Å². The number of thiol groups is 1. The van der Waals surface area contributed by atoms with Gasteiger partial charge in [-0.2, -0.15) is 17.9 Å². The van der Waals surface area contributed by atoms with Crippen molar-refractivity contribution in [3.63, 3.8) is 0 Å². The minimum atomic E-state index is -0.405. The Kier molecular flexibility index (Phi) is 6.42. The molecule has 0 saturated carbocycles. The van der Waals surface area contributed by atoms with Gasteiger partial charge in [0, 0.05) is 37.6 Å². The molecule has 2 aliphatic rings. The van der Waals surface area contributed by atoms with E-state index in [1.54, 1.807) is 4.90 Å². The number of nitrogens with one attached hydrogen (secondary N) is 1. The number of hydrogen-bond acceptors (Lipinski definition) is 7. The van der Waals surface area contributed by atoms with E-state index in [2.05, 4.69) is 33.8 Å². The van der Waals surface area contributed by atoms with E-state index >= 15 is 0 Å². The van der Waals surface area contributed by atoms with Gasteiger partial charge in [0.2, 0.25) is 5.91 Å². The number of nitriles is 1. The molecule has 8 nitrogen and oxygen atoms in total. The molecule has 3 rings (SSSR count). The van der Waals surface area contributed by atoms with Crippen molar-refractivity contribution < 1.29 is 14.3 Å². The molecule has 2 aliphatic heterocycles. The van der Waals surface area contributed by atoms with Crippen molar-refractivity contribution in [1.29, 1.82) is 5.26 Å². The first-order valence-electron chi connectivity index (χ1n) is 8.90. The zero-order valence-electron chi connectivity index (χ0n) is 15.0. The lowest BCUT2D eigenvalue weighted by Crippen LogP contribution is -2.46. The summed E-state index contributed by atoms with van der Waals surface area (Å²) in [5.74, 6) is -0.0802. The first-order chi connectivity index (χ1) is 13.1. The fraction of sp³-hybridized carbons (Fsp3) is 0.500. The van der Waals surface area contributed by atoms with Crippen molar-refractivity contribution in [3.05, 3.63) is 24.3 Å². The maximum Gasteiger partial charge on any atom is 0.414 e. The smallest absolute Gasteiger partial charge is 0.414 e. The van der Waals surface area contributed by atoms with Crippen molar-refractivity contribution >= 4 is 36.0 Å². The van der Waals surface area contributed by atoms with Crippen molar-refractivity contribution in [2.45, 2.75) is 6.10 Å². The standard InChI is InChI=1S/C18H23N5O3S/c19-5-6-21-7-9-22(10-8-21)14-1-3-15(4-2-14)23-12-16(26-18(23)25)11-20-17(24)13-27/h1-4,16,27H,6-13H2,(H,20,24). The average Bonchev–Trinajstić information content (AvgIpc) is 3.08. The van der Waals surface area contributed by atoms with E-state index < -0.39 is 6.09 Å². The molecule has 1 atom stereocenters. The predicted octanol–water partition coefficient (Wildman–Crippen LogP) is 0.703. The maximum atomic E-state index is 12.1. The van der Waals surface area contributed by atoms with Crippen LogP contribution in [-0.4, -0.2) is 74.6 Å². The highest BCUT2D eigenvalue weighted by atomic mass is 32.1. The Morgan fingerprint density at radius 2 is 1.89 bits per heavy atom. The summed E-state index contributed by atoms with van der Waals surface area (Å²) >= 11 is 3.90. The Morgan fingerprint density at radius 1 is 1.22 bits per heavy atom. The molecule has 1 aromatic rings. The molecular formula is C18H23N5O3S. The molecule has 1 unspecified atom stereocenters. The van der Waals surface area contributed by atoms with Gasteiger partial charge in [0.1, 0.15) is 6.10 Å². The number of rotatable bonds is 6. The Morgan fingerprint density at radius 3 is 2.52 bits per heavy atom. The van der Waals surface area contributed by atoms with E-state index in [1.165, 1.54) is 0 Å². The van der Waals surface area contributed by atoms with Crippen molar-refractivity contribution in [2.75, 3.05) is 61.4 Å². The summed E-state index contributed by atoms with van der Waals surface area (Å²) in [6.07, 6.45) is -0.771. The predicted molar refractivity (Wildman–Crippen MR) is 105 cm³/mol. The molecule has 0 bridgehead atoms. The first kappa shape index (κ1) is 19.3. The molecule has 27 heavy (non-hydrogen) atoms. The van der Waals surface area contributed by atoms with Crippen molar-refractivity contribution in [1.82, 2.24) is 10.2 Å². The summed E-state index contributed by atoms with van der Waals surface area (Å²) in [4.78, 5) is 29.4. The van der Waals surface area contributed by atoms with Gasteiger partial charge in [0.15, 0.2) is 0 Å². The summed E-state index contributed by atoms with van der Waals surface area (Å²) in [6.45, 7) is 4.64. The van der Waals surface area contributed by atoms with E-state index in [-0.39, 0.29) is 24.3 Å². The molecule has 2 fully saturated rings. The summed E-state index contributed by atoms with van der Waals surface area (Å²) < 4.78 is 5.31. The largest absolute Gasteiger partial charge is 0.442 e. The number of amides is 2. The number of carbonyl (C=O) groups excluding carboxylic acids is 2. The third kappa shape index (κ3) is 4.84. The number of hydrogen-bond donors (Lipinski definition) is 2. The summed E-state index contributed by atoms with van der Waals surface area (Å²) in [6, 6.07) is 10.0. The molecule has 2 saturated heterocycles. The van der Waals surface area contributed by atoms with Crippen LogP contribution < -0.4 is 15.1 Å². The van der Waals surface area contributed by atoms with Gasteiger partial charge >= 0.3 is 6.09 Å². The van der Waals surface area contributed by atoms with Crippen LogP contribution in [0.5, 0.6) is 0 Å². The van der Waals surface area contributed by atoms with Crippen LogP contribution in [0.15, 0.2) is 24.3 Å². The van der Waals surface area contributed by atoms with Crippen LogP contribution in [0.25, 0.3) is 0 Å². The van der Waals surface area contributed by atoms with Crippen LogP contribution in [0.4, 0.5) is 16.2 Å². The minimum Gasteiger partial charge on any atom is -0.442 e. The van der Waals surface area contributed by atoms with Crippen LogP contribution in [-0.2, 0) is 9.53 Å². The molecule has 9 heteroatoms. The second-order valence-corrected chi connectivity index (χ2v) is 6.83. The zero-order chi connectivity index (χ0) is 19.2. The highest BCUT2D eigenvalue weighted by Crippen LogP contribution is 2.25. The van der Waals surface area contributed by atoms with Gasteiger partial charge in [-0.3, -0.25) is 14.6 Å². The molecule has 2 heterocycles. The summed E-state index contributed by atoms with van der Waals surface area (Å²) in [5, 5.41) is 11.5. The third-order valence-corrected chi connectivity index (χ3v) is 5.02. The van der Waals surface area contributed by atoms with E-state index in [1.807, 2.05) is 24.3 Å². The topological polar surface area (TPSA) is 88.9 Å². The van der Waals surface area contributed by atoms with Crippen LogP contribution in [0, 0.1) is 11.3 Å². The van der Waals surface area contributed by atoms with Gasteiger partial charge in [-0.15, -0.1) is 0 Å². The Bertz CT molecular complexity index is 713. The molecule has 1 aromatic carbocycles. The Labute approximate surface area is 164 Å². The molecule has 0 aromatic heterocycles. The van der Waals surface area contributed by atoms with Gasteiger partial charge < -0.3 is 15.0 Å². The van der Waals surface area contributed by atoms with Gasteiger partial charge in [-0.05, 0) is 24.3 Å². The normalized spacial score (nSPS) is 20.3. The first-order valence-corrected chi connectivity index (χ1v) is 9.54. The SMILES string of the molecule is N#CCN1CCN(c2ccc(N3CC(CNC(=O)CS)OC3=O)cc2)CC1. The van der Waals surface area contributed by atoms with Crippen molar-refractivity contribution in [3.8, 4) is 6.07 Å². The fourth-order valence-electron chi connectivity index (χ4n) is 3.23. The number of benzene rings is 1. The van der Waals surface area contributed by atoms with Gasteiger partial charge in [-0.1, -0.05) is 0 Å². The molecule has 0 aliphatic carbocycles. The van der Waals surface area contributed by atoms with Gasteiger partial charge in [0.05, 0.1) is 31.5 Å². The lowest BCUT2D eigenvalue weighted by molar-refractivity contribution is -0.118. The second kappa shape index (κ2) is 8.97. The van der Waals surface area contributed by atoms with E-state index in [9.17, 15) is 9.59 Å². The highest BCUT2D eigenvalue weighted by Gasteiger charge is 2.32. The molecular weight excluding hydrogens is 366 g/mol. The van der Waals surface area contributed by atoms with Gasteiger partial charge in [0.25, 0.3) is 0 Å². The van der Waals surface area contributed by atoms with E-state index in [0.717, 1.165) is 37.6 Å². The number of anilines is 2. The number of nitrogens with zero attached hydrogens (tertiary/aromatic N) is 4. The average molecular weight is 389 g/mol. The summed E-state index contributed by atoms with van der Waals surface area (Å²) in [5.41, 5.74) is 1.87.